The molecular formula is C10H15FO3Si. The summed E-state index contributed by atoms with van der Waals surface area (Å²) in [5.41, 5.74) is 1.04. The second-order valence-corrected chi connectivity index (χ2v) is 4.86. The highest BCUT2D eigenvalue weighted by atomic mass is 28.3. The van der Waals surface area contributed by atoms with Gasteiger partial charge in [-0.3, -0.25) is 0 Å². The van der Waals surface area contributed by atoms with Gasteiger partial charge in [-0.25, -0.2) is 4.39 Å². The van der Waals surface area contributed by atoms with Crippen LogP contribution in [0.15, 0.2) is 24.3 Å². The molecule has 3 nitrogen and oxygen atoms in total. The van der Waals surface area contributed by atoms with Gasteiger partial charge in [-0.15, -0.1) is 0 Å². The van der Waals surface area contributed by atoms with Gasteiger partial charge in [0, 0.05) is 20.8 Å². The first-order valence-corrected chi connectivity index (χ1v) is 6.09. The van der Waals surface area contributed by atoms with Gasteiger partial charge >= 0.3 is 9.53 Å². The zero-order valence-corrected chi connectivity index (χ0v) is 10.1. The minimum Gasteiger partial charge on any atom is -0.379 e. The summed E-state index contributed by atoms with van der Waals surface area (Å²) in [4.78, 5) is 0. The minimum absolute atomic E-state index is 0.222. The maximum Gasteiger partial charge on any atom is 0.483 e. The number of rotatable bonds is 6. The first-order chi connectivity index (χ1) is 7.26. The first kappa shape index (κ1) is 12.3. The molecule has 0 bridgehead atoms. The fourth-order valence-electron chi connectivity index (χ4n) is 1.16. The van der Waals surface area contributed by atoms with Crippen molar-refractivity contribution in [3.63, 3.8) is 0 Å². The molecule has 0 amide bonds. The SMILES string of the molecule is CO[SiH](OC)OCCc1ccc(F)cc1. The summed E-state index contributed by atoms with van der Waals surface area (Å²) in [6.07, 6.45) is 0.733. The molecule has 5 heteroatoms. The van der Waals surface area contributed by atoms with E-state index >= 15 is 0 Å². The van der Waals surface area contributed by atoms with E-state index in [1.54, 1.807) is 26.4 Å². The molecule has 0 aliphatic heterocycles. The number of halogens is 1. The molecule has 0 atom stereocenters. The van der Waals surface area contributed by atoms with Gasteiger partial charge in [-0.1, -0.05) is 12.1 Å². The van der Waals surface area contributed by atoms with Gasteiger partial charge in [-0.2, -0.15) is 0 Å². The molecule has 0 spiro atoms. The molecule has 1 aromatic carbocycles. The van der Waals surface area contributed by atoms with Crippen LogP contribution in [-0.2, 0) is 19.7 Å². The lowest BCUT2D eigenvalue weighted by Gasteiger charge is -2.11. The molecule has 0 fully saturated rings. The van der Waals surface area contributed by atoms with Crippen LogP contribution in [0.25, 0.3) is 0 Å². The minimum atomic E-state index is -1.92. The molecule has 0 heterocycles. The van der Waals surface area contributed by atoms with Crippen LogP contribution in [0, 0.1) is 5.82 Å². The molecular weight excluding hydrogens is 215 g/mol. The molecule has 1 aromatic rings. The highest BCUT2D eigenvalue weighted by Crippen LogP contribution is 2.04. The average Bonchev–Trinajstić information content (AvgIpc) is 2.27. The summed E-state index contributed by atoms with van der Waals surface area (Å²) in [6.45, 7) is 0.532. The Morgan fingerprint density at radius 2 is 1.73 bits per heavy atom. The number of hydrogen-bond donors (Lipinski definition) is 0. The van der Waals surface area contributed by atoms with Crippen molar-refractivity contribution in [1.29, 1.82) is 0 Å². The Kier molecular flexibility index (Phi) is 5.48. The van der Waals surface area contributed by atoms with E-state index in [1.807, 2.05) is 0 Å². The van der Waals surface area contributed by atoms with Crippen LogP contribution in [0.2, 0.25) is 0 Å². The third-order valence-electron chi connectivity index (χ3n) is 1.94. The molecule has 0 saturated heterocycles. The summed E-state index contributed by atoms with van der Waals surface area (Å²) in [5, 5.41) is 0. The van der Waals surface area contributed by atoms with Crippen LogP contribution >= 0.6 is 0 Å². The first-order valence-electron chi connectivity index (χ1n) is 4.68. The van der Waals surface area contributed by atoms with E-state index in [2.05, 4.69) is 0 Å². The Bertz CT molecular complexity index is 275. The molecule has 0 radical (unpaired) electrons. The lowest BCUT2D eigenvalue weighted by atomic mass is 10.2. The molecule has 15 heavy (non-hydrogen) atoms. The fraction of sp³-hybridized carbons (Fsp3) is 0.400. The van der Waals surface area contributed by atoms with Crippen molar-refractivity contribution in [2.75, 3.05) is 20.8 Å². The van der Waals surface area contributed by atoms with E-state index in [-0.39, 0.29) is 5.82 Å². The van der Waals surface area contributed by atoms with Crippen LogP contribution in [0.1, 0.15) is 5.56 Å². The normalized spacial score (nSPS) is 10.9. The molecule has 84 valence electrons. The summed E-state index contributed by atoms with van der Waals surface area (Å²) in [6, 6.07) is 6.37. The Hall–Kier alpha value is -0.753. The summed E-state index contributed by atoms with van der Waals surface area (Å²) in [7, 11) is 1.22. The van der Waals surface area contributed by atoms with Gasteiger partial charge < -0.3 is 13.3 Å². The lowest BCUT2D eigenvalue weighted by molar-refractivity contribution is 0.137. The third kappa shape index (κ3) is 4.52. The Morgan fingerprint density at radius 3 is 2.27 bits per heavy atom. The molecule has 0 aliphatic rings. The van der Waals surface area contributed by atoms with Gasteiger partial charge in [0.05, 0.1) is 0 Å². The van der Waals surface area contributed by atoms with E-state index in [0.717, 1.165) is 12.0 Å². The quantitative estimate of drug-likeness (QED) is 0.691. The second kappa shape index (κ2) is 6.68. The van der Waals surface area contributed by atoms with Crippen LogP contribution in [0.4, 0.5) is 4.39 Å². The summed E-state index contributed by atoms with van der Waals surface area (Å²) < 4.78 is 27.9. The van der Waals surface area contributed by atoms with E-state index in [4.69, 9.17) is 13.3 Å². The van der Waals surface area contributed by atoms with Crippen molar-refractivity contribution in [2.45, 2.75) is 6.42 Å². The largest absolute Gasteiger partial charge is 0.483 e. The Morgan fingerprint density at radius 1 is 1.13 bits per heavy atom. The number of hydrogen-bond acceptors (Lipinski definition) is 3. The van der Waals surface area contributed by atoms with E-state index in [1.165, 1.54) is 12.1 Å². The maximum absolute atomic E-state index is 12.6. The summed E-state index contributed by atoms with van der Waals surface area (Å²) in [5.74, 6) is -0.222. The monoisotopic (exact) mass is 230 g/mol. The molecule has 0 N–H and O–H groups in total. The van der Waals surface area contributed by atoms with E-state index in [0.29, 0.717) is 6.61 Å². The van der Waals surface area contributed by atoms with Gasteiger partial charge in [-0.05, 0) is 24.1 Å². The van der Waals surface area contributed by atoms with E-state index in [9.17, 15) is 4.39 Å². The zero-order valence-electron chi connectivity index (χ0n) is 8.90. The highest BCUT2D eigenvalue weighted by Gasteiger charge is 2.09. The molecule has 1 rings (SSSR count). The van der Waals surface area contributed by atoms with Crippen molar-refractivity contribution in [2.24, 2.45) is 0 Å². The third-order valence-corrected chi connectivity index (χ3v) is 3.22. The van der Waals surface area contributed by atoms with E-state index < -0.39 is 9.53 Å². The standard InChI is InChI=1S/C10H15FO3Si/c1-12-15(13-2)14-8-7-9-3-5-10(11)6-4-9/h3-6,15H,7-8H2,1-2H3. The van der Waals surface area contributed by atoms with Gasteiger partial charge in [0.15, 0.2) is 0 Å². The smallest absolute Gasteiger partial charge is 0.379 e. The van der Waals surface area contributed by atoms with Crippen molar-refractivity contribution in [1.82, 2.24) is 0 Å². The van der Waals surface area contributed by atoms with Gasteiger partial charge in [0.2, 0.25) is 0 Å². The molecule has 0 aliphatic carbocycles. The second-order valence-electron chi connectivity index (χ2n) is 3.01. The van der Waals surface area contributed by atoms with Crippen molar-refractivity contribution >= 4 is 9.53 Å². The lowest BCUT2D eigenvalue weighted by Crippen LogP contribution is -2.24. The Labute approximate surface area is 90.7 Å². The van der Waals surface area contributed by atoms with Crippen LogP contribution < -0.4 is 0 Å². The van der Waals surface area contributed by atoms with Crippen molar-refractivity contribution in [3.8, 4) is 0 Å². The topological polar surface area (TPSA) is 27.7 Å². The van der Waals surface area contributed by atoms with Crippen molar-refractivity contribution < 1.29 is 17.7 Å². The van der Waals surface area contributed by atoms with Crippen LogP contribution in [-0.4, -0.2) is 30.4 Å². The predicted molar refractivity (Wildman–Crippen MR) is 57.2 cm³/mol. The van der Waals surface area contributed by atoms with Crippen molar-refractivity contribution in [3.05, 3.63) is 35.6 Å². The average molecular weight is 230 g/mol. The zero-order chi connectivity index (χ0) is 11.1. The van der Waals surface area contributed by atoms with Crippen LogP contribution in [0.5, 0.6) is 0 Å². The fourth-order valence-corrected chi connectivity index (χ4v) is 1.93. The van der Waals surface area contributed by atoms with Crippen LogP contribution in [0.3, 0.4) is 0 Å². The summed E-state index contributed by atoms with van der Waals surface area (Å²) >= 11 is 0. The highest BCUT2D eigenvalue weighted by molar-refractivity contribution is 6.36. The van der Waals surface area contributed by atoms with Gasteiger partial charge in [0.1, 0.15) is 5.82 Å². The molecule has 0 aromatic heterocycles. The number of benzene rings is 1. The molecule has 0 unspecified atom stereocenters. The maximum atomic E-state index is 12.6. The molecule has 0 saturated carbocycles. The Balaban J connectivity index is 2.28. The van der Waals surface area contributed by atoms with Gasteiger partial charge in [0.25, 0.3) is 0 Å². The predicted octanol–water partition coefficient (Wildman–Crippen LogP) is 1.39.